The number of aromatic nitrogens is 3. The van der Waals surface area contributed by atoms with E-state index in [1.165, 1.54) is 54.5 Å². The molecule has 3 rings (SSSR count). The third kappa shape index (κ3) is 5.31. The summed E-state index contributed by atoms with van der Waals surface area (Å²) in [6.45, 7) is 0. The highest BCUT2D eigenvalue weighted by Crippen LogP contribution is 2.23. The van der Waals surface area contributed by atoms with Crippen LogP contribution in [0.2, 0.25) is 0 Å². The maximum absolute atomic E-state index is 14.1. The highest BCUT2D eigenvalue weighted by atomic mass is 19.4. The third-order valence-electron chi connectivity index (χ3n) is 3.97. The molecule has 29 heavy (non-hydrogen) atoms. The van der Waals surface area contributed by atoms with Crippen molar-refractivity contribution in [2.75, 3.05) is 7.11 Å². The van der Waals surface area contributed by atoms with E-state index >= 15 is 0 Å². The Bertz CT molecular complexity index is 1000. The summed E-state index contributed by atoms with van der Waals surface area (Å²) in [4.78, 5) is 15.5. The Morgan fingerprint density at radius 1 is 1.10 bits per heavy atom. The zero-order valence-corrected chi connectivity index (χ0v) is 15.1. The summed E-state index contributed by atoms with van der Waals surface area (Å²) in [6, 6.07) is 9.23. The minimum Gasteiger partial charge on any atom is -0.465 e. The highest BCUT2D eigenvalue weighted by molar-refractivity contribution is 5.89. The van der Waals surface area contributed by atoms with Crippen LogP contribution in [0.4, 0.5) is 17.6 Å². The number of esters is 1. The molecule has 0 unspecified atom stereocenters. The van der Waals surface area contributed by atoms with Crippen molar-refractivity contribution in [3.8, 4) is 11.4 Å². The number of rotatable bonds is 6. The Morgan fingerprint density at radius 3 is 2.45 bits per heavy atom. The van der Waals surface area contributed by atoms with Gasteiger partial charge in [0.15, 0.2) is 5.82 Å². The first-order chi connectivity index (χ1) is 13.7. The first kappa shape index (κ1) is 20.3. The quantitative estimate of drug-likeness (QED) is 0.457. The van der Waals surface area contributed by atoms with Crippen molar-refractivity contribution < 1.29 is 31.8 Å². The van der Waals surface area contributed by atoms with Gasteiger partial charge in [-0.2, -0.15) is 5.10 Å². The van der Waals surface area contributed by atoms with Crippen LogP contribution in [0.3, 0.4) is 0 Å². The summed E-state index contributed by atoms with van der Waals surface area (Å²) in [5, 5.41) is 4.23. The van der Waals surface area contributed by atoms with E-state index in [1.54, 1.807) is 0 Å². The Labute approximate surface area is 162 Å². The van der Waals surface area contributed by atoms with E-state index in [2.05, 4.69) is 19.6 Å². The molecule has 3 aromatic rings. The van der Waals surface area contributed by atoms with Gasteiger partial charge in [0.05, 0.1) is 18.4 Å². The standard InChI is InChI=1S/C19H15F4N3O3/c1-28-18(27)13-3-2-12(16(20)10-13)4-9-17-24-11-26(25-17)14-5-7-15(8-6-14)29-19(21,22)23/h2-3,5-8,10-11H,4,9H2,1H3. The van der Waals surface area contributed by atoms with Gasteiger partial charge in [0.2, 0.25) is 0 Å². The Morgan fingerprint density at radius 2 is 1.83 bits per heavy atom. The molecule has 0 saturated heterocycles. The van der Waals surface area contributed by atoms with Gasteiger partial charge in [0.1, 0.15) is 17.9 Å². The van der Waals surface area contributed by atoms with Crippen LogP contribution in [-0.2, 0) is 17.6 Å². The molecule has 6 nitrogen and oxygen atoms in total. The van der Waals surface area contributed by atoms with Crippen LogP contribution in [0.1, 0.15) is 21.7 Å². The number of alkyl halides is 3. The number of aryl methyl sites for hydroxylation is 2. The van der Waals surface area contributed by atoms with E-state index in [1.807, 2.05) is 0 Å². The maximum atomic E-state index is 14.1. The first-order valence-corrected chi connectivity index (χ1v) is 8.38. The molecule has 0 bridgehead atoms. The van der Waals surface area contributed by atoms with Crippen LogP contribution >= 0.6 is 0 Å². The summed E-state index contributed by atoms with van der Waals surface area (Å²) in [7, 11) is 1.22. The van der Waals surface area contributed by atoms with Gasteiger partial charge in [-0.1, -0.05) is 6.07 Å². The molecule has 0 N–H and O–H groups in total. The molecule has 0 atom stereocenters. The van der Waals surface area contributed by atoms with Crippen molar-refractivity contribution in [1.29, 1.82) is 0 Å². The topological polar surface area (TPSA) is 66.2 Å². The Kier molecular flexibility index (Phi) is 5.81. The number of carbonyl (C=O) groups excluding carboxylic acids is 1. The number of nitrogens with zero attached hydrogens (tertiary/aromatic N) is 3. The van der Waals surface area contributed by atoms with Gasteiger partial charge < -0.3 is 9.47 Å². The van der Waals surface area contributed by atoms with Crippen molar-refractivity contribution in [3.05, 3.63) is 71.6 Å². The monoisotopic (exact) mass is 409 g/mol. The van der Waals surface area contributed by atoms with Crippen molar-refractivity contribution >= 4 is 5.97 Å². The largest absolute Gasteiger partial charge is 0.573 e. The average Bonchev–Trinajstić information content (AvgIpc) is 3.14. The molecule has 1 heterocycles. The van der Waals surface area contributed by atoms with Gasteiger partial charge in [-0.25, -0.2) is 18.9 Å². The van der Waals surface area contributed by atoms with Gasteiger partial charge in [0, 0.05) is 6.42 Å². The molecule has 0 aliphatic carbocycles. The fraction of sp³-hybridized carbons (Fsp3) is 0.211. The lowest BCUT2D eigenvalue weighted by Gasteiger charge is -2.09. The second-order valence-corrected chi connectivity index (χ2v) is 5.94. The molecule has 152 valence electrons. The predicted molar refractivity (Wildman–Crippen MR) is 93.2 cm³/mol. The van der Waals surface area contributed by atoms with E-state index in [0.29, 0.717) is 29.9 Å². The normalized spacial score (nSPS) is 11.3. The molecule has 1 aromatic heterocycles. The molecule has 0 aliphatic heterocycles. The van der Waals surface area contributed by atoms with E-state index in [9.17, 15) is 22.4 Å². The zero-order valence-electron chi connectivity index (χ0n) is 15.1. The summed E-state index contributed by atoms with van der Waals surface area (Å²) in [5.74, 6) is -1.07. The van der Waals surface area contributed by atoms with Gasteiger partial charge in [-0.15, -0.1) is 13.2 Å². The molecule has 0 saturated carbocycles. The number of methoxy groups -OCH3 is 1. The summed E-state index contributed by atoms with van der Waals surface area (Å²) in [5.41, 5.74) is 1.00. The van der Waals surface area contributed by atoms with Gasteiger partial charge in [0.25, 0.3) is 0 Å². The van der Waals surface area contributed by atoms with Crippen LogP contribution in [0.15, 0.2) is 48.8 Å². The fourth-order valence-electron chi connectivity index (χ4n) is 2.58. The summed E-state index contributed by atoms with van der Waals surface area (Å²) < 4.78 is 60.5. The summed E-state index contributed by atoms with van der Waals surface area (Å²) >= 11 is 0. The highest BCUT2D eigenvalue weighted by Gasteiger charge is 2.31. The second-order valence-electron chi connectivity index (χ2n) is 5.94. The molecule has 0 spiro atoms. The number of benzene rings is 2. The SMILES string of the molecule is COC(=O)c1ccc(CCc2ncn(-c3ccc(OC(F)(F)F)cc3)n2)c(F)c1. The molecule has 0 radical (unpaired) electrons. The molecule has 0 aliphatic rings. The van der Waals surface area contributed by atoms with Gasteiger partial charge in [-0.05, 0) is 48.4 Å². The molecule has 10 heteroatoms. The van der Waals surface area contributed by atoms with E-state index in [-0.39, 0.29) is 11.3 Å². The fourth-order valence-corrected chi connectivity index (χ4v) is 2.58. The third-order valence-corrected chi connectivity index (χ3v) is 3.97. The second kappa shape index (κ2) is 8.29. The minimum absolute atomic E-state index is 0.120. The predicted octanol–water partition coefficient (Wildman–Crippen LogP) is 3.88. The van der Waals surface area contributed by atoms with E-state index in [4.69, 9.17) is 0 Å². The number of carbonyl (C=O) groups is 1. The number of ether oxygens (including phenoxy) is 2. The lowest BCUT2D eigenvalue weighted by molar-refractivity contribution is -0.274. The molecular weight excluding hydrogens is 394 g/mol. The molecule has 2 aromatic carbocycles. The number of hydrogen-bond donors (Lipinski definition) is 0. The van der Waals surface area contributed by atoms with Crippen LogP contribution in [0, 0.1) is 5.82 Å². The van der Waals surface area contributed by atoms with Gasteiger partial charge in [-0.3, -0.25) is 0 Å². The number of halogens is 4. The number of hydrogen-bond acceptors (Lipinski definition) is 5. The van der Waals surface area contributed by atoms with Crippen molar-refractivity contribution in [2.45, 2.75) is 19.2 Å². The zero-order chi connectivity index (χ0) is 21.0. The maximum Gasteiger partial charge on any atom is 0.573 e. The van der Waals surface area contributed by atoms with Crippen molar-refractivity contribution in [2.24, 2.45) is 0 Å². The smallest absolute Gasteiger partial charge is 0.465 e. The van der Waals surface area contributed by atoms with Crippen LogP contribution < -0.4 is 4.74 Å². The van der Waals surface area contributed by atoms with Gasteiger partial charge >= 0.3 is 12.3 Å². The minimum atomic E-state index is -4.76. The summed E-state index contributed by atoms with van der Waals surface area (Å²) in [6.07, 6.45) is -2.72. The Balaban J connectivity index is 1.64. The van der Waals surface area contributed by atoms with E-state index in [0.717, 1.165) is 6.07 Å². The lowest BCUT2D eigenvalue weighted by Crippen LogP contribution is -2.17. The lowest BCUT2D eigenvalue weighted by atomic mass is 10.1. The average molecular weight is 409 g/mol. The van der Waals surface area contributed by atoms with E-state index < -0.39 is 18.1 Å². The van der Waals surface area contributed by atoms with Crippen LogP contribution in [0.5, 0.6) is 5.75 Å². The molecular formula is C19H15F4N3O3. The molecule has 0 amide bonds. The molecule has 0 fully saturated rings. The Hall–Kier alpha value is -3.43. The van der Waals surface area contributed by atoms with Crippen molar-refractivity contribution in [1.82, 2.24) is 14.8 Å². The van der Waals surface area contributed by atoms with Crippen LogP contribution in [-0.4, -0.2) is 34.2 Å². The first-order valence-electron chi connectivity index (χ1n) is 8.38. The van der Waals surface area contributed by atoms with Crippen LogP contribution in [0.25, 0.3) is 5.69 Å². The van der Waals surface area contributed by atoms with Crippen molar-refractivity contribution in [3.63, 3.8) is 0 Å².